The average molecular weight is 195 g/mol. The molecule has 2 heterocycles. The molecule has 1 amide bonds. The Bertz CT molecular complexity index is 307. The molecule has 4 heteroatoms. The summed E-state index contributed by atoms with van der Waals surface area (Å²) >= 11 is 0. The Morgan fingerprint density at radius 2 is 2.57 bits per heavy atom. The molecule has 0 bridgehead atoms. The summed E-state index contributed by atoms with van der Waals surface area (Å²) in [5, 5.41) is 9.07. The second kappa shape index (κ2) is 3.84. The molecule has 76 valence electrons. The molecule has 0 saturated carbocycles. The van der Waals surface area contributed by atoms with Gasteiger partial charge in [0.15, 0.2) is 0 Å². The number of hydrogen-bond acceptors (Lipinski definition) is 3. The lowest BCUT2D eigenvalue weighted by atomic mass is 10.2. The van der Waals surface area contributed by atoms with Crippen LogP contribution in [-0.4, -0.2) is 35.1 Å². The highest BCUT2D eigenvalue weighted by atomic mass is 16.3. The van der Waals surface area contributed by atoms with Gasteiger partial charge in [-0.3, -0.25) is 4.79 Å². The number of furan rings is 1. The molecule has 0 spiro atoms. The minimum atomic E-state index is -0.0460. The molecule has 1 fully saturated rings. The van der Waals surface area contributed by atoms with Crippen LogP contribution >= 0.6 is 0 Å². The van der Waals surface area contributed by atoms with E-state index in [0.717, 1.165) is 19.4 Å². The van der Waals surface area contributed by atoms with Gasteiger partial charge in [0.05, 0.1) is 24.5 Å². The summed E-state index contributed by atoms with van der Waals surface area (Å²) in [6.07, 6.45) is 4.78. The largest absolute Gasteiger partial charge is 0.472 e. The van der Waals surface area contributed by atoms with E-state index in [2.05, 4.69) is 0 Å². The van der Waals surface area contributed by atoms with E-state index in [9.17, 15) is 4.79 Å². The van der Waals surface area contributed by atoms with Gasteiger partial charge in [-0.15, -0.1) is 0 Å². The molecular weight excluding hydrogens is 182 g/mol. The molecule has 0 aromatic carbocycles. The normalized spacial score (nSPS) is 21.5. The van der Waals surface area contributed by atoms with Crippen molar-refractivity contribution in [3.05, 3.63) is 24.2 Å². The summed E-state index contributed by atoms with van der Waals surface area (Å²) < 4.78 is 4.85. The van der Waals surface area contributed by atoms with Gasteiger partial charge in [0, 0.05) is 6.54 Å². The smallest absolute Gasteiger partial charge is 0.257 e. The fourth-order valence-electron chi connectivity index (χ4n) is 1.84. The zero-order valence-electron chi connectivity index (χ0n) is 7.85. The molecule has 1 aliphatic rings. The van der Waals surface area contributed by atoms with E-state index in [1.807, 2.05) is 0 Å². The van der Waals surface area contributed by atoms with Crippen molar-refractivity contribution in [2.75, 3.05) is 13.2 Å². The first kappa shape index (κ1) is 9.27. The molecule has 14 heavy (non-hydrogen) atoms. The lowest BCUT2D eigenvalue weighted by Crippen LogP contribution is -2.37. The average Bonchev–Trinajstić information content (AvgIpc) is 2.87. The molecule has 1 aliphatic heterocycles. The van der Waals surface area contributed by atoms with Crippen LogP contribution < -0.4 is 0 Å². The summed E-state index contributed by atoms with van der Waals surface area (Å²) in [6, 6.07) is 1.63. The second-order valence-corrected chi connectivity index (χ2v) is 3.49. The predicted octanol–water partition coefficient (Wildman–Crippen LogP) is 0.876. The van der Waals surface area contributed by atoms with Crippen molar-refractivity contribution in [3.63, 3.8) is 0 Å². The third-order valence-corrected chi connectivity index (χ3v) is 2.62. The van der Waals surface area contributed by atoms with Gasteiger partial charge < -0.3 is 14.4 Å². The number of aliphatic hydroxyl groups excluding tert-OH is 1. The fraction of sp³-hybridized carbons (Fsp3) is 0.500. The van der Waals surface area contributed by atoms with Crippen molar-refractivity contribution in [2.24, 2.45) is 0 Å². The Balaban J connectivity index is 2.11. The van der Waals surface area contributed by atoms with Crippen molar-refractivity contribution in [1.82, 2.24) is 4.90 Å². The molecule has 1 unspecified atom stereocenters. The second-order valence-electron chi connectivity index (χ2n) is 3.49. The molecule has 1 aromatic rings. The molecule has 0 radical (unpaired) electrons. The van der Waals surface area contributed by atoms with Crippen molar-refractivity contribution in [2.45, 2.75) is 18.9 Å². The quantitative estimate of drug-likeness (QED) is 0.762. The van der Waals surface area contributed by atoms with E-state index in [1.54, 1.807) is 11.0 Å². The maximum absolute atomic E-state index is 11.8. The number of carbonyl (C=O) groups is 1. The van der Waals surface area contributed by atoms with Gasteiger partial charge in [-0.1, -0.05) is 0 Å². The summed E-state index contributed by atoms with van der Waals surface area (Å²) in [6.45, 7) is 0.777. The number of likely N-dealkylation sites (tertiary alicyclic amines) is 1. The topological polar surface area (TPSA) is 53.7 Å². The third-order valence-electron chi connectivity index (χ3n) is 2.62. The number of nitrogens with zero attached hydrogens (tertiary/aromatic N) is 1. The number of rotatable bonds is 2. The van der Waals surface area contributed by atoms with Crippen molar-refractivity contribution in [3.8, 4) is 0 Å². The Morgan fingerprint density at radius 1 is 1.71 bits per heavy atom. The Morgan fingerprint density at radius 3 is 3.21 bits per heavy atom. The van der Waals surface area contributed by atoms with Crippen LogP contribution in [0.5, 0.6) is 0 Å². The summed E-state index contributed by atoms with van der Waals surface area (Å²) in [4.78, 5) is 13.5. The van der Waals surface area contributed by atoms with Gasteiger partial charge in [0.2, 0.25) is 0 Å². The molecule has 0 aliphatic carbocycles. The van der Waals surface area contributed by atoms with Gasteiger partial charge in [0.25, 0.3) is 5.91 Å². The fourth-order valence-corrected chi connectivity index (χ4v) is 1.84. The van der Waals surface area contributed by atoms with Gasteiger partial charge >= 0.3 is 0 Å². The molecule has 1 N–H and O–H groups in total. The standard InChI is InChI=1S/C10H13NO3/c12-6-9-2-1-4-11(9)10(13)8-3-5-14-7-8/h3,5,7,9,12H,1-2,4,6H2. The number of hydrogen-bond donors (Lipinski definition) is 1. The Labute approximate surface area is 82.1 Å². The highest BCUT2D eigenvalue weighted by molar-refractivity contribution is 5.94. The minimum absolute atomic E-state index is 0.0163. The Hall–Kier alpha value is -1.29. The third kappa shape index (κ3) is 1.53. The van der Waals surface area contributed by atoms with Crippen molar-refractivity contribution in [1.29, 1.82) is 0 Å². The van der Waals surface area contributed by atoms with Crippen LogP contribution in [-0.2, 0) is 0 Å². The maximum Gasteiger partial charge on any atom is 0.257 e. The Kier molecular flexibility index (Phi) is 2.54. The zero-order chi connectivity index (χ0) is 9.97. The van der Waals surface area contributed by atoms with Crippen LogP contribution in [0, 0.1) is 0 Å². The lowest BCUT2D eigenvalue weighted by Gasteiger charge is -2.22. The molecule has 1 atom stereocenters. The van der Waals surface area contributed by atoms with E-state index in [1.165, 1.54) is 12.5 Å². The molecular formula is C10H13NO3. The van der Waals surface area contributed by atoms with Crippen LogP contribution in [0.4, 0.5) is 0 Å². The SMILES string of the molecule is O=C(c1ccoc1)N1CCCC1CO. The molecule has 1 aromatic heterocycles. The van der Waals surface area contributed by atoms with Gasteiger partial charge in [-0.2, -0.15) is 0 Å². The van der Waals surface area contributed by atoms with Crippen LogP contribution in [0.15, 0.2) is 23.0 Å². The maximum atomic E-state index is 11.8. The number of aliphatic hydroxyl groups is 1. The van der Waals surface area contributed by atoms with Gasteiger partial charge in [-0.25, -0.2) is 0 Å². The van der Waals surface area contributed by atoms with Gasteiger partial charge in [-0.05, 0) is 18.9 Å². The van der Waals surface area contributed by atoms with Crippen LogP contribution in [0.1, 0.15) is 23.2 Å². The molecule has 2 rings (SSSR count). The van der Waals surface area contributed by atoms with Gasteiger partial charge in [0.1, 0.15) is 6.26 Å². The minimum Gasteiger partial charge on any atom is -0.472 e. The monoisotopic (exact) mass is 195 g/mol. The van der Waals surface area contributed by atoms with Crippen LogP contribution in [0.3, 0.4) is 0 Å². The molecule has 4 nitrogen and oxygen atoms in total. The van der Waals surface area contributed by atoms with E-state index in [4.69, 9.17) is 9.52 Å². The summed E-state index contributed by atoms with van der Waals surface area (Å²) in [7, 11) is 0. The predicted molar refractivity (Wildman–Crippen MR) is 49.9 cm³/mol. The van der Waals surface area contributed by atoms with Crippen LogP contribution in [0.2, 0.25) is 0 Å². The summed E-state index contributed by atoms with van der Waals surface area (Å²) in [5.41, 5.74) is 0.561. The highest BCUT2D eigenvalue weighted by Crippen LogP contribution is 2.19. The zero-order valence-corrected chi connectivity index (χ0v) is 7.85. The van der Waals surface area contributed by atoms with E-state index >= 15 is 0 Å². The lowest BCUT2D eigenvalue weighted by molar-refractivity contribution is 0.0677. The number of amides is 1. The highest BCUT2D eigenvalue weighted by Gasteiger charge is 2.28. The van der Waals surface area contributed by atoms with Crippen molar-refractivity contribution < 1.29 is 14.3 Å². The van der Waals surface area contributed by atoms with Crippen LogP contribution in [0.25, 0.3) is 0 Å². The first-order valence-electron chi connectivity index (χ1n) is 4.77. The molecule has 1 saturated heterocycles. The van der Waals surface area contributed by atoms with E-state index in [-0.39, 0.29) is 18.6 Å². The number of carbonyl (C=O) groups excluding carboxylic acids is 1. The van der Waals surface area contributed by atoms with E-state index in [0.29, 0.717) is 5.56 Å². The first-order valence-corrected chi connectivity index (χ1v) is 4.77. The van der Waals surface area contributed by atoms with Crippen molar-refractivity contribution >= 4 is 5.91 Å². The first-order chi connectivity index (χ1) is 6.83. The summed E-state index contributed by atoms with van der Waals surface area (Å²) in [5.74, 6) is -0.0460. The van der Waals surface area contributed by atoms with E-state index < -0.39 is 0 Å².